The molecule has 1 aliphatic rings. The maximum atomic E-state index is 6.08. The van der Waals surface area contributed by atoms with Gasteiger partial charge in [0, 0.05) is 43.4 Å². The standard InChI is InChI=1S/C20H24ClN3S/c1-15-6-7-16(2)19(12-15)22-20(25)24-10-8-23(9-11-24)14-17-4-3-5-18(21)13-17/h3-7,12-13H,8-11,14H2,1-2H3,(H,22,25). The summed E-state index contributed by atoms with van der Waals surface area (Å²) in [6, 6.07) is 14.5. The summed E-state index contributed by atoms with van der Waals surface area (Å²) in [5.41, 5.74) is 4.82. The first-order chi connectivity index (χ1) is 12.0. The van der Waals surface area contributed by atoms with Crippen LogP contribution in [0.1, 0.15) is 16.7 Å². The lowest BCUT2D eigenvalue weighted by atomic mass is 10.1. The van der Waals surface area contributed by atoms with Gasteiger partial charge in [0.1, 0.15) is 0 Å². The van der Waals surface area contributed by atoms with Crippen molar-refractivity contribution in [2.75, 3.05) is 31.5 Å². The predicted molar refractivity (Wildman–Crippen MR) is 110 cm³/mol. The zero-order chi connectivity index (χ0) is 17.8. The molecule has 3 nitrogen and oxygen atoms in total. The van der Waals surface area contributed by atoms with Crippen molar-refractivity contribution in [2.45, 2.75) is 20.4 Å². The fourth-order valence-corrected chi connectivity index (χ4v) is 3.57. The number of benzene rings is 2. The highest BCUT2D eigenvalue weighted by molar-refractivity contribution is 7.80. The van der Waals surface area contributed by atoms with E-state index in [0.717, 1.165) is 48.5 Å². The molecule has 3 rings (SSSR count). The fraction of sp³-hybridized carbons (Fsp3) is 0.350. The molecule has 0 saturated carbocycles. The molecule has 0 aromatic heterocycles. The lowest BCUT2D eigenvalue weighted by Gasteiger charge is -2.36. The van der Waals surface area contributed by atoms with Crippen LogP contribution in [0.25, 0.3) is 0 Å². The second-order valence-corrected chi connectivity index (χ2v) is 7.46. The Kier molecular flexibility index (Phi) is 5.94. The summed E-state index contributed by atoms with van der Waals surface area (Å²) in [6.07, 6.45) is 0. The van der Waals surface area contributed by atoms with Gasteiger partial charge in [-0.25, -0.2) is 0 Å². The minimum Gasteiger partial charge on any atom is -0.346 e. The van der Waals surface area contributed by atoms with Crippen LogP contribution in [0.2, 0.25) is 5.02 Å². The molecule has 1 N–H and O–H groups in total. The quantitative estimate of drug-likeness (QED) is 0.799. The molecule has 25 heavy (non-hydrogen) atoms. The van der Waals surface area contributed by atoms with Gasteiger partial charge in [0.2, 0.25) is 0 Å². The molecule has 0 radical (unpaired) electrons. The van der Waals surface area contributed by atoms with Gasteiger partial charge in [0.15, 0.2) is 5.11 Å². The number of nitrogens with zero attached hydrogens (tertiary/aromatic N) is 2. The number of thiocarbonyl (C=S) groups is 1. The molecule has 1 aliphatic heterocycles. The van der Waals surface area contributed by atoms with Crippen molar-refractivity contribution in [1.29, 1.82) is 0 Å². The molecule has 0 aliphatic carbocycles. The highest BCUT2D eigenvalue weighted by Crippen LogP contribution is 2.18. The third-order valence-electron chi connectivity index (χ3n) is 4.59. The van der Waals surface area contributed by atoms with Gasteiger partial charge in [-0.15, -0.1) is 0 Å². The Morgan fingerprint density at radius 3 is 2.56 bits per heavy atom. The Morgan fingerprint density at radius 2 is 1.84 bits per heavy atom. The van der Waals surface area contributed by atoms with E-state index in [2.05, 4.69) is 53.2 Å². The van der Waals surface area contributed by atoms with Gasteiger partial charge in [0.25, 0.3) is 0 Å². The molecule has 0 bridgehead atoms. The van der Waals surface area contributed by atoms with Crippen molar-refractivity contribution in [3.8, 4) is 0 Å². The number of rotatable bonds is 3. The van der Waals surface area contributed by atoms with E-state index in [1.807, 2.05) is 18.2 Å². The van der Waals surface area contributed by atoms with Gasteiger partial charge in [-0.1, -0.05) is 35.9 Å². The maximum Gasteiger partial charge on any atom is 0.173 e. The summed E-state index contributed by atoms with van der Waals surface area (Å²) in [5, 5.41) is 5.03. The largest absolute Gasteiger partial charge is 0.346 e. The molecule has 0 atom stereocenters. The Bertz CT molecular complexity index is 754. The third kappa shape index (κ3) is 4.94. The van der Waals surface area contributed by atoms with Crippen LogP contribution in [0.15, 0.2) is 42.5 Å². The number of hydrogen-bond acceptors (Lipinski definition) is 2. The topological polar surface area (TPSA) is 18.5 Å². The van der Waals surface area contributed by atoms with Crippen molar-refractivity contribution in [1.82, 2.24) is 9.80 Å². The molecule has 0 amide bonds. The molecule has 0 unspecified atom stereocenters. The van der Waals surface area contributed by atoms with Crippen LogP contribution in [0, 0.1) is 13.8 Å². The normalized spacial score (nSPS) is 15.2. The third-order valence-corrected chi connectivity index (χ3v) is 5.18. The van der Waals surface area contributed by atoms with Crippen LogP contribution in [-0.4, -0.2) is 41.1 Å². The molecule has 132 valence electrons. The zero-order valence-corrected chi connectivity index (χ0v) is 16.3. The minimum atomic E-state index is 0.801. The van der Waals surface area contributed by atoms with Crippen LogP contribution in [0.3, 0.4) is 0 Å². The second kappa shape index (κ2) is 8.17. The Labute approximate surface area is 160 Å². The average Bonchev–Trinajstić information content (AvgIpc) is 2.59. The SMILES string of the molecule is Cc1ccc(C)c(NC(=S)N2CCN(Cc3cccc(Cl)c3)CC2)c1. The van der Waals surface area contributed by atoms with E-state index in [4.69, 9.17) is 23.8 Å². The van der Waals surface area contributed by atoms with E-state index in [-0.39, 0.29) is 0 Å². The fourth-order valence-electron chi connectivity index (χ4n) is 3.07. The van der Waals surface area contributed by atoms with E-state index in [1.54, 1.807) is 0 Å². The highest BCUT2D eigenvalue weighted by atomic mass is 35.5. The van der Waals surface area contributed by atoms with Crippen LogP contribution >= 0.6 is 23.8 Å². The number of piperazine rings is 1. The molecular formula is C20H24ClN3S. The average molecular weight is 374 g/mol. The van der Waals surface area contributed by atoms with Crippen LogP contribution in [0.4, 0.5) is 5.69 Å². The number of aryl methyl sites for hydroxylation is 2. The Balaban J connectivity index is 1.53. The number of anilines is 1. The summed E-state index contributed by atoms with van der Waals surface area (Å²) in [6.45, 7) is 9.03. The second-order valence-electron chi connectivity index (χ2n) is 6.64. The number of hydrogen-bond donors (Lipinski definition) is 1. The van der Waals surface area contributed by atoms with Crippen molar-refractivity contribution in [3.63, 3.8) is 0 Å². The molecule has 5 heteroatoms. The molecule has 2 aromatic rings. The molecule has 1 heterocycles. The summed E-state index contributed by atoms with van der Waals surface area (Å²) in [4.78, 5) is 4.70. The smallest absolute Gasteiger partial charge is 0.173 e. The molecule has 0 spiro atoms. The molecule has 1 fully saturated rings. The van der Waals surface area contributed by atoms with Gasteiger partial charge < -0.3 is 10.2 Å². The van der Waals surface area contributed by atoms with E-state index in [1.165, 1.54) is 16.7 Å². The predicted octanol–water partition coefficient (Wildman–Crippen LogP) is 4.47. The lowest BCUT2D eigenvalue weighted by Crippen LogP contribution is -2.49. The first kappa shape index (κ1) is 18.2. The van der Waals surface area contributed by atoms with E-state index < -0.39 is 0 Å². The minimum absolute atomic E-state index is 0.801. The first-order valence-corrected chi connectivity index (χ1v) is 9.40. The summed E-state index contributed by atoms with van der Waals surface area (Å²) in [7, 11) is 0. The van der Waals surface area contributed by atoms with E-state index in [0.29, 0.717) is 0 Å². The molecule has 2 aromatic carbocycles. The molecule has 1 saturated heterocycles. The van der Waals surface area contributed by atoms with Gasteiger partial charge in [-0.3, -0.25) is 4.90 Å². The zero-order valence-electron chi connectivity index (χ0n) is 14.8. The Morgan fingerprint density at radius 1 is 1.08 bits per heavy atom. The monoisotopic (exact) mass is 373 g/mol. The Hall–Kier alpha value is -1.62. The van der Waals surface area contributed by atoms with Gasteiger partial charge in [-0.2, -0.15) is 0 Å². The van der Waals surface area contributed by atoms with Crippen LogP contribution < -0.4 is 5.32 Å². The van der Waals surface area contributed by atoms with Crippen molar-refractivity contribution in [3.05, 3.63) is 64.2 Å². The molecular weight excluding hydrogens is 350 g/mol. The number of halogens is 1. The van der Waals surface area contributed by atoms with Crippen LogP contribution in [0.5, 0.6) is 0 Å². The van der Waals surface area contributed by atoms with Crippen molar-refractivity contribution < 1.29 is 0 Å². The highest BCUT2D eigenvalue weighted by Gasteiger charge is 2.19. The summed E-state index contributed by atoms with van der Waals surface area (Å²) in [5.74, 6) is 0. The summed E-state index contributed by atoms with van der Waals surface area (Å²) < 4.78 is 0. The van der Waals surface area contributed by atoms with Gasteiger partial charge >= 0.3 is 0 Å². The lowest BCUT2D eigenvalue weighted by molar-refractivity contribution is 0.177. The number of nitrogens with one attached hydrogen (secondary N) is 1. The van der Waals surface area contributed by atoms with E-state index >= 15 is 0 Å². The first-order valence-electron chi connectivity index (χ1n) is 8.61. The van der Waals surface area contributed by atoms with Gasteiger partial charge in [0.05, 0.1) is 0 Å². The van der Waals surface area contributed by atoms with E-state index in [9.17, 15) is 0 Å². The van der Waals surface area contributed by atoms with Gasteiger partial charge in [-0.05, 0) is 61.0 Å². The van der Waals surface area contributed by atoms with Crippen molar-refractivity contribution >= 4 is 34.6 Å². The summed E-state index contributed by atoms with van der Waals surface area (Å²) >= 11 is 11.7. The van der Waals surface area contributed by atoms with Crippen LogP contribution in [-0.2, 0) is 6.54 Å². The maximum absolute atomic E-state index is 6.08. The van der Waals surface area contributed by atoms with Crippen molar-refractivity contribution in [2.24, 2.45) is 0 Å².